The fourth-order valence-electron chi connectivity index (χ4n) is 9.70. The summed E-state index contributed by atoms with van der Waals surface area (Å²) in [6.45, 7) is 9.90. The van der Waals surface area contributed by atoms with E-state index in [-0.39, 0.29) is 93.7 Å². The zero-order valence-electron chi connectivity index (χ0n) is 43.9. The van der Waals surface area contributed by atoms with Gasteiger partial charge in [0, 0.05) is 62.1 Å². The number of ketones is 2. The number of ether oxygens (including phenoxy) is 4. The maximum atomic E-state index is 13.4. The zero-order valence-corrected chi connectivity index (χ0v) is 43.9. The summed E-state index contributed by atoms with van der Waals surface area (Å²) >= 11 is 0. The normalized spacial score (nSPS) is 34.3. The van der Waals surface area contributed by atoms with Gasteiger partial charge in [0.1, 0.15) is 17.8 Å². The molecule has 0 radical (unpaired) electrons. The predicted molar refractivity (Wildman–Crippen MR) is 286 cm³/mol. The lowest BCUT2D eigenvalue weighted by atomic mass is 9.83. The van der Waals surface area contributed by atoms with Gasteiger partial charge in [0.05, 0.1) is 55.8 Å². The average Bonchev–Trinajstić information content (AvgIpc) is 3.33. The number of aliphatic hydroxyl groups is 6. The van der Waals surface area contributed by atoms with Gasteiger partial charge in [0.2, 0.25) is 0 Å². The number of aliphatic carboxylic acids is 1. The van der Waals surface area contributed by atoms with Crippen molar-refractivity contribution in [3.8, 4) is 0 Å². The lowest BCUT2D eigenvalue weighted by Crippen LogP contribution is -2.56. The smallest absolute Gasteiger partial charge is 0.311 e. The quantitative estimate of drug-likeness (QED) is 0.0488. The van der Waals surface area contributed by atoms with E-state index in [4.69, 9.17) is 24.7 Å². The van der Waals surface area contributed by atoms with E-state index in [0.29, 0.717) is 48.9 Å². The number of fused-ring (bicyclic) bond motifs is 2. The topological polar surface area (TPSA) is 273 Å². The maximum Gasteiger partial charge on any atom is 0.311 e. The fraction of sp³-hybridized carbons (Fsp3) is 0.559. The third-order valence-electron chi connectivity index (χ3n) is 13.8. The van der Waals surface area contributed by atoms with Crippen molar-refractivity contribution in [1.29, 1.82) is 0 Å². The van der Waals surface area contributed by atoms with Crippen LogP contribution in [0.4, 0.5) is 5.69 Å². The van der Waals surface area contributed by atoms with Crippen LogP contribution in [0.25, 0.3) is 0 Å². The lowest BCUT2D eigenvalue weighted by molar-refractivity contribution is -0.302. The van der Waals surface area contributed by atoms with Crippen molar-refractivity contribution >= 4 is 29.2 Å². The molecule has 16 heteroatoms. The van der Waals surface area contributed by atoms with Gasteiger partial charge in [-0.25, -0.2) is 0 Å². The first-order valence-electron chi connectivity index (χ1n) is 26.5. The average molecular weight is 1050 g/mol. The van der Waals surface area contributed by atoms with E-state index in [9.17, 15) is 54.9 Å². The third-order valence-corrected chi connectivity index (χ3v) is 13.8. The predicted octanol–water partition coefficient (Wildman–Crippen LogP) is 7.49. The Morgan fingerprint density at radius 1 is 0.813 bits per heavy atom. The maximum absolute atomic E-state index is 13.4. The number of aliphatic hydroxyl groups excluding tert-OH is 5. The lowest BCUT2D eigenvalue weighted by Gasteiger charge is -2.44. The fourth-order valence-corrected chi connectivity index (χ4v) is 9.70. The number of allylic oxidation sites excluding steroid dienone is 12. The number of hydrogen-bond acceptors (Lipinski definition) is 15. The molecule has 4 rings (SSSR count). The van der Waals surface area contributed by atoms with Crippen LogP contribution in [0.2, 0.25) is 0 Å². The first-order valence-corrected chi connectivity index (χ1v) is 26.5. The summed E-state index contributed by atoms with van der Waals surface area (Å²) in [7, 11) is 0. The van der Waals surface area contributed by atoms with Crippen molar-refractivity contribution < 1.29 is 73.9 Å². The number of carboxylic acid groups (broad SMARTS) is 1. The SMILES string of the molecule is C=C1CCCC(=O)CC(O)CCCC(O)CC2(O)CC(O)C(C(=O)O)C(CC(OC3CCC(O)CO3)/C=C/C=C/C=C/C=C/C=C/C=C/C=C/C(C)C(C(C)CC(C)C(O)CC(=O)c3ccc(N)cc3)OC(=O)C1)O2. The molecule has 75 heavy (non-hydrogen) atoms. The highest BCUT2D eigenvalue weighted by Crippen LogP contribution is 2.38. The molecule has 3 heterocycles. The van der Waals surface area contributed by atoms with Gasteiger partial charge in [0.25, 0.3) is 0 Å². The van der Waals surface area contributed by atoms with Crippen LogP contribution >= 0.6 is 0 Å². The number of nitrogens with two attached hydrogens (primary N) is 1. The molecular formula is C59H83NO15. The van der Waals surface area contributed by atoms with Crippen LogP contribution in [-0.2, 0) is 33.3 Å². The van der Waals surface area contributed by atoms with E-state index in [1.165, 1.54) is 0 Å². The second-order valence-electron chi connectivity index (χ2n) is 20.6. The molecule has 1 aromatic carbocycles. The number of anilines is 1. The molecule has 2 bridgehead atoms. The minimum absolute atomic E-state index is 0.0627. The molecule has 0 aromatic heterocycles. The summed E-state index contributed by atoms with van der Waals surface area (Å²) < 4.78 is 24.1. The Kier molecular flexibility index (Phi) is 27.0. The zero-order chi connectivity index (χ0) is 54.9. The molecule has 1 aromatic rings. The summed E-state index contributed by atoms with van der Waals surface area (Å²) in [6.07, 6.45) is 18.5. The van der Waals surface area contributed by atoms with E-state index < -0.39 is 85.2 Å². The van der Waals surface area contributed by atoms with E-state index in [2.05, 4.69) is 6.58 Å². The summed E-state index contributed by atoms with van der Waals surface area (Å²) in [4.78, 5) is 51.7. The largest absolute Gasteiger partial charge is 0.481 e. The van der Waals surface area contributed by atoms with Gasteiger partial charge in [-0.15, -0.1) is 0 Å². The van der Waals surface area contributed by atoms with Crippen LogP contribution in [0.5, 0.6) is 0 Å². The van der Waals surface area contributed by atoms with Gasteiger partial charge in [-0.1, -0.05) is 118 Å². The highest BCUT2D eigenvalue weighted by molar-refractivity contribution is 5.96. The second-order valence-corrected chi connectivity index (χ2v) is 20.6. The Balaban J connectivity index is 1.48. The number of Topliss-reactive ketones (excluding diaryl/α,β-unsaturated/α-hetero) is 2. The number of carbonyl (C=O) groups is 4. The molecule has 9 N–H and O–H groups in total. The highest BCUT2D eigenvalue weighted by atomic mass is 16.7. The molecule has 14 unspecified atom stereocenters. The molecule has 3 aliphatic heterocycles. The Bertz CT molecular complexity index is 2170. The van der Waals surface area contributed by atoms with E-state index >= 15 is 0 Å². The van der Waals surface area contributed by atoms with Gasteiger partial charge in [-0.05, 0) is 81.0 Å². The highest BCUT2D eigenvalue weighted by Gasteiger charge is 2.50. The summed E-state index contributed by atoms with van der Waals surface area (Å²) in [6, 6.07) is 6.56. The molecular weight excluding hydrogens is 963 g/mol. The van der Waals surface area contributed by atoms with Crippen molar-refractivity contribution in [2.45, 2.75) is 178 Å². The molecule has 0 saturated carbocycles. The number of carboxylic acids is 1. The number of rotatable bonds is 10. The molecule has 2 fully saturated rings. The molecule has 0 amide bonds. The molecule has 2 saturated heterocycles. The summed E-state index contributed by atoms with van der Waals surface area (Å²) in [5, 5.41) is 75.6. The van der Waals surface area contributed by atoms with Crippen molar-refractivity contribution in [2.75, 3.05) is 12.3 Å². The van der Waals surface area contributed by atoms with Gasteiger partial charge in [-0.3, -0.25) is 19.2 Å². The molecule has 3 aliphatic rings. The van der Waals surface area contributed by atoms with E-state index in [0.717, 1.165) is 0 Å². The first-order chi connectivity index (χ1) is 35.7. The van der Waals surface area contributed by atoms with Crippen LogP contribution in [0.3, 0.4) is 0 Å². The number of carbonyl (C=O) groups excluding carboxylic acids is 3. The van der Waals surface area contributed by atoms with Gasteiger partial charge in [-0.2, -0.15) is 0 Å². The van der Waals surface area contributed by atoms with Gasteiger partial charge < -0.3 is 60.4 Å². The Morgan fingerprint density at radius 2 is 1.43 bits per heavy atom. The standard InChI is InChI=1S/C59H83NO15/c1-39-19-17-21-45(61)33-46(62)22-18-23-47(63)36-59(71)37-52(67)56(58(69)70)53(75-59)34-49(73-55-30-29-48(64)38-72-55)24-16-14-12-10-8-6-5-7-9-11-13-15-20-40(2)57(74-54(68)31-39)42(4)32-41(3)50(65)35-51(66)43-25-27-44(60)28-26-43/h5-16,20,24-28,40-42,46-50,52-53,55-57,62-65,67,71H,1,17-19,21-23,29-38,60H2,2-4H3,(H,69,70)/b6-5+,9-7+,10-8+,13-11+,14-12+,20-15+,24-16+. The molecule has 0 aliphatic carbocycles. The van der Waals surface area contributed by atoms with E-state index in [1.807, 2.05) is 75.5 Å². The van der Waals surface area contributed by atoms with Gasteiger partial charge in [0.15, 0.2) is 17.9 Å². The number of cyclic esters (lactones) is 1. The molecule has 14 atom stereocenters. The Hall–Kier alpha value is -5.14. The second kappa shape index (κ2) is 32.4. The van der Waals surface area contributed by atoms with Crippen molar-refractivity contribution in [3.63, 3.8) is 0 Å². The molecule has 414 valence electrons. The molecule has 0 spiro atoms. The summed E-state index contributed by atoms with van der Waals surface area (Å²) in [5.74, 6) is -6.44. The first kappa shape index (κ1) is 62.4. The van der Waals surface area contributed by atoms with E-state index in [1.54, 1.807) is 54.6 Å². The minimum atomic E-state index is -2.09. The van der Waals surface area contributed by atoms with Crippen LogP contribution in [0.1, 0.15) is 127 Å². The monoisotopic (exact) mass is 1050 g/mol. The minimum Gasteiger partial charge on any atom is -0.481 e. The van der Waals surface area contributed by atoms with Crippen LogP contribution < -0.4 is 5.73 Å². The number of benzene rings is 1. The van der Waals surface area contributed by atoms with Crippen LogP contribution in [0, 0.1) is 23.7 Å². The Morgan fingerprint density at radius 3 is 2.04 bits per heavy atom. The number of hydrogen-bond donors (Lipinski definition) is 8. The Labute approximate surface area is 442 Å². The number of nitrogen functional groups attached to an aromatic ring is 1. The van der Waals surface area contributed by atoms with Crippen molar-refractivity contribution in [2.24, 2.45) is 23.7 Å². The number of esters is 1. The third kappa shape index (κ3) is 23.3. The van der Waals surface area contributed by atoms with Crippen molar-refractivity contribution in [3.05, 3.63) is 127 Å². The van der Waals surface area contributed by atoms with Gasteiger partial charge >= 0.3 is 11.9 Å². The van der Waals surface area contributed by atoms with Crippen LogP contribution in [-0.4, -0.2) is 127 Å². The van der Waals surface area contributed by atoms with Crippen LogP contribution in [0.15, 0.2) is 121 Å². The van der Waals surface area contributed by atoms with Crippen molar-refractivity contribution in [1.82, 2.24) is 0 Å². The summed E-state index contributed by atoms with van der Waals surface area (Å²) in [5.41, 5.74) is 7.36. The molecule has 16 nitrogen and oxygen atoms in total.